The number of anilines is 3. The summed E-state index contributed by atoms with van der Waals surface area (Å²) in [6.45, 7) is 0. The van der Waals surface area contributed by atoms with E-state index >= 15 is 0 Å². The zero-order valence-corrected chi connectivity index (χ0v) is 54.7. The maximum absolute atomic E-state index is 5.44. The minimum absolute atomic E-state index is 0.835. The van der Waals surface area contributed by atoms with E-state index in [2.05, 4.69) is 352 Å². The Labute approximate surface area is 576 Å². The minimum atomic E-state index is 0.835. The maximum atomic E-state index is 5.44. The van der Waals surface area contributed by atoms with Crippen molar-refractivity contribution in [3.8, 4) is 89.6 Å². The van der Waals surface area contributed by atoms with Gasteiger partial charge in [-0.05, 0) is 195 Å². The molecule has 15 aromatic carbocycles. The van der Waals surface area contributed by atoms with Crippen molar-refractivity contribution in [2.45, 2.75) is 0 Å². The maximum Gasteiger partial charge on any atom is 0.129 e. The van der Waals surface area contributed by atoms with Crippen LogP contribution in [0.1, 0.15) is 0 Å². The van der Waals surface area contributed by atoms with Crippen LogP contribution in [0.2, 0.25) is 0 Å². The summed E-state index contributed by atoms with van der Waals surface area (Å²) in [5.41, 5.74) is 28.8. The van der Waals surface area contributed by atoms with Crippen molar-refractivity contribution in [1.82, 2.24) is 22.4 Å². The fraction of sp³-hybridized carbons (Fsp3) is 0.0110. The summed E-state index contributed by atoms with van der Waals surface area (Å²) >= 11 is 1.25. The number of hydrogen-bond donors (Lipinski definition) is 0. The molecule has 0 radical (unpaired) electrons. The Morgan fingerprint density at radius 2 is 0.576 bits per heavy atom. The van der Waals surface area contributed by atoms with E-state index in [0.29, 0.717) is 0 Å². The first kappa shape index (κ1) is 57.6. The molecule has 4 heterocycles. The van der Waals surface area contributed by atoms with Crippen LogP contribution in [0.4, 0.5) is 17.1 Å². The van der Waals surface area contributed by atoms with Gasteiger partial charge in [0.2, 0.25) is 0 Å². The largest absolute Gasteiger partial charge is 0.497 e. The molecule has 0 aliphatic carbocycles. The third kappa shape index (κ3) is 9.87. The van der Waals surface area contributed by atoms with Crippen LogP contribution in [-0.2, 0) is 0 Å². The molecule has 7 nitrogen and oxygen atoms in total. The Balaban J connectivity index is 0.662. The van der Waals surface area contributed by atoms with Crippen LogP contribution in [0, 0.1) is 0 Å². The first-order valence-corrected chi connectivity index (χ1v) is 34.2. The van der Waals surface area contributed by atoms with Crippen molar-refractivity contribution in [2.24, 2.45) is 0 Å². The Hall–Kier alpha value is -12.9. The molecule has 0 amide bonds. The van der Waals surface area contributed by atoms with Gasteiger partial charge in [0.15, 0.2) is 0 Å². The number of hydrogen-bond acceptors (Lipinski definition) is 5. The fourth-order valence-electron chi connectivity index (χ4n) is 15.0. The SMILES string of the molecule is COc1ccc(-c2ccc(N(c3ccccc3)c3ccc(-c4ccc(-n5c6ccc(-c7ccc(-c8ccc(-n9c%10ccccc%10c%10ccccc%109)cc8)cc7)cc6c6cc(-c7ccc(-c8ccc(-n9c%10ccccc%10c%10ccccc%109)cc8)cc7)ccc65)cc4)c4nsnc34)cc2)cc1. The van der Waals surface area contributed by atoms with Crippen LogP contribution in [-0.4, -0.2) is 29.6 Å². The van der Waals surface area contributed by atoms with Crippen molar-refractivity contribution in [3.63, 3.8) is 0 Å². The smallest absolute Gasteiger partial charge is 0.129 e. The van der Waals surface area contributed by atoms with Crippen molar-refractivity contribution in [1.29, 1.82) is 0 Å². The molecule has 4 aromatic heterocycles. The summed E-state index contributed by atoms with van der Waals surface area (Å²) in [7, 11) is 1.69. The van der Waals surface area contributed by atoms with Gasteiger partial charge in [-0.2, -0.15) is 8.75 Å². The summed E-state index contributed by atoms with van der Waals surface area (Å²) in [5.74, 6) is 0.835. The third-order valence-electron chi connectivity index (χ3n) is 19.9. The van der Waals surface area contributed by atoms with Gasteiger partial charge in [0.1, 0.15) is 16.8 Å². The van der Waals surface area contributed by atoms with E-state index in [9.17, 15) is 0 Å². The predicted octanol–water partition coefficient (Wildman–Crippen LogP) is 24.5. The van der Waals surface area contributed by atoms with E-state index in [1.54, 1.807) is 7.11 Å². The average molecular weight is 1290 g/mol. The molecule has 0 atom stereocenters. The second-order valence-corrected chi connectivity index (χ2v) is 25.9. The molecule has 0 saturated heterocycles. The van der Waals surface area contributed by atoms with Crippen molar-refractivity contribution in [3.05, 3.63) is 346 Å². The monoisotopic (exact) mass is 1280 g/mol. The van der Waals surface area contributed by atoms with Gasteiger partial charge in [0, 0.05) is 66.3 Å². The summed E-state index contributed by atoms with van der Waals surface area (Å²) in [6.07, 6.45) is 0. The number of aromatic nitrogens is 5. The Bertz CT molecular complexity index is 5900. The molecule has 0 saturated carbocycles. The molecule has 8 heteroatoms. The zero-order chi connectivity index (χ0) is 65.5. The number of rotatable bonds is 13. The highest BCUT2D eigenvalue weighted by Gasteiger charge is 2.22. The van der Waals surface area contributed by atoms with Crippen LogP contribution >= 0.6 is 11.7 Å². The Kier molecular flexibility index (Phi) is 13.8. The van der Waals surface area contributed by atoms with Crippen LogP contribution in [0.5, 0.6) is 5.75 Å². The van der Waals surface area contributed by atoms with Gasteiger partial charge in [-0.1, -0.05) is 212 Å². The molecular weight excluding hydrogens is 1230 g/mol. The quantitative estimate of drug-likeness (QED) is 0.115. The van der Waals surface area contributed by atoms with E-state index in [1.807, 2.05) is 12.1 Å². The van der Waals surface area contributed by atoms with Crippen molar-refractivity contribution >= 4 is 105 Å². The molecule has 0 spiro atoms. The molecule has 99 heavy (non-hydrogen) atoms. The topological polar surface area (TPSA) is 53.0 Å². The first-order valence-electron chi connectivity index (χ1n) is 33.5. The molecule has 466 valence electrons. The number of fused-ring (bicyclic) bond motifs is 10. The molecule has 0 unspecified atom stereocenters. The second-order valence-electron chi connectivity index (χ2n) is 25.4. The van der Waals surface area contributed by atoms with Crippen LogP contribution in [0.3, 0.4) is 0 Å². The number of benzene rings is 15. The second kappa shape index (κ2) is 23.8. The molecule has 0 aliphatic heterocycles. The number of nitrogens with zero attached hydrogens (tertiary/aromatic N) is 6. The lowest BCUT2D eigenvalue weighted by molar-refractivity contribution is 0.415. The summed E-state index contributed by atoms with van der Waals surface area (Å²) in [5, 5.41) is 7.41. The molecule has 0 aliphatic rings. The highest BCUT2D eigenvalue weighted by molar-refractivity contribution is 7.00. The highest BCUT2D eigenvalue weighted by Crippen LogP contribution is 2.44. The van der Waals surface area contributed by atoms with Crippen LogP contribution < -0.4 is 9.64 Å². The molecule has 0 bridgehead atoms. The van der Waals surface area contributed by atoms with Gasteiger partial charge in [0.05, 0.1) is 57.6 Å². The van der Waals surface area contributed by atoms with E-state index in [1.165, 1.54) is 88.4 Å². The number of para-hydroxylation sites is 5. The van der Waals surface area contributed by atoms with E-state index in [0.717, 1.165) is 106 Å². The molecule has 19 aromatic rings. The van der Waals surface area contributed by atoms with E-state index < -0.39 is 0 Å². The standard InChI is InChI=1S/C91H60N6OS/c1-98-75-51-39-64(40-52-75)63-31-43-71(44-32-63)94(70-13-3-2-4-14-70)89-56-53-76(90-91(89)93-99-92-90)67-37-49-74(50-38-67)97-87-54-41-68(65-27-23-59(24-28-65)61-33-45-72(46-34-61)95-83-19-9-5-15-77(83)78-16-6-10-20-84(78)95)57-81(87)82-58-69(42-55-88(82)97)66-29-25-60(26-30-66)62-35-47-73(48-36-62)96-85-21-11-7-17-79(85)80-18-8-12-22-86(80)96/h2-58H,1H3. The van der Waals surface area contributed by atoms with Crippen LogP contribution in [0.25, 0.3) is 160 Å². The summed E-state index contributed by atoms with van der Waals surface area (Å²) < 4.78 is 22.6. The Morgan fingerprint density at radius 1 is 0.263 bits per heavy atom. The fourth-order valence-corrected chi connectivity index (χ4v) is 15.6. The van der Waals surface area contributed by atoms with Crippen molar-refractivity contribution in [2.75, 3.05) is 12.0 Å². The van der Waals surface area contributed by atoms with Gasteiger partial charge in [-0.25, -0.2) is 0 Å². The summed E-state index contributed by atoms with van der Waals surface area (Å²) in [4.78, 5) is 2.28. The Morgan fingerprint density at radius 3 is 0.990 bits per heavy atom. The van der Waals surface area contributed by atoms with E-state index in [4.69, 9.17) is 13.5 Å². The number of ether oxygens (including phenoxy) is 1. The normalized spacial score (nSPS) is 11.7. The minimum Gasteiger partial charge on any atom is -0.497 e. The lowest BCUT2D eigenvalue weighted by atomic mass is 9.97. The highest BCUT2D eigenvalue weighted by atomic mass is 32.1. The van der Waals surface area contributed by atoms with Gasteiger partial charge in [0.25, 0.3) is 0 Å². The number of methoxy groups -OCH3 is 1. The van der Waals surface area contributed by atoms with Gasteiger partial charge < -0.3 is 23.3 Å². The lowest BCUT2D eigenvalue weighted by Crippen LogP contribution is -2.10. The molecule has 0 fully saturated rings. The summed E-state index contributed by atoms with van der Waals surface area (Å²) in [6, 6.07) is 125. The van der Waals surface area contributed by atoms with Gasteiger partial charge in [-0.15, -0.1) is 0 Å². The zero-order valence-electron chi connectivity index (χ0n) is 53.9. The average Bonchev–Trinajstić information content (AvgIpc) is 1.62. The molecule has 19 rings (SSSR count). The van der Waals surface area contributed by atoms with E-state index in [-0.39, 0.29) is 0 Å². The lowest BCUT2D eigenvalue weighted by Gasteiger charge is -2.26. The first-order chi connectivity index (χ1) is 49.0. The van der Waals surface area contributed by atoms with Crippen LogP contribution in [0.15, 0.2) is 346 Å². The van der Waals surface area contributed by atoms with Gasteiger partial charge in [-0.3, -0.25) is 0 Å². The predicted molar refractivity (Wildman–Crippen MR) is 414 cm³/mol. The van der Waals surface area contributed by atoms with Crippen molar-refractivity contribution < 1.29 is 4.74 Å². The molecular formula is C91H60N6OS. The molecule has 0 N–H and O–H groups in total. The van der Waals surface area contributed by atoms with Gasteiger partial charge >= 0.3 is 0 Å². The third-order valence-corrected chi connectivity index (χ3v) is 20.4.